The Hall–Kier alpha value is -0.860. The first kappa shape index (κ1) is 9.23. The predicted octanol–water partition coefficient (Wildman–Crippen LogP) is 1.31. The summed E-state index contributed by atoms with van der Waals surface area (Å²) in [6.07, 6.45) is 2.49. The van der Waals surface area contributed by atoms with Gasteiger partial charge in [-0.2, -0.15) is 0 Å². The predicted molar refractivity (Wildman–Crippen MR) is 43.6 cm³/mol. The Balaban J connectivity index is 2.23. The highest BCUT2D eigenvalue weighted by Gasteiger charge is 2.24. The summed E-state index contributed by atoms with van der Waals surface area (Å²) in [5.74, 6) is 0.359. The van der Waals surface area contributed by atoms with Crippen molar-refractivity contribution in [2.75, 3.05) is 6.61 Å². The Labute approximate surface area is 72.1 Å². The quantitative estimate of drug-likeness (QED) is 0.600. The molecule has 1 atom stereocenters. The molecular weight excluding hydrogens is 156 g/mol. The number of hydrogen-bond acceptors (Lipinski definition) is 3. The van der Waals surface area contributed by atoms with Crippen LogP contribution >= 0.6 is 0 Å². The van der Waals surface area contributed by atoms with E-state index in [2.05, 4.69) is 0 Å². The van der Waals surface area contributed by atoms with E-state index >= 15 is 0 Å². The monoisotopic (exact) mass is 170 g/mol. The molecule has 0 aliphatic heterocycles. The fraction of sp³-hybridized carbons (Fsp3) is 0.778. The van der Waals surface area contributed by atoms with Crippen molar-refractivity contribution in [1.82, 2.24) is 0 Å². The van der Waals surface area contributed by atoms with Crippen LogP contribution in [0.2, 0.25) is 0 Å². The van der Waals surface area contributed by atoms with E-state index in [-0.39, 0.29) is 17.7 Å². The van der Waals surface area contributed by atoms with Crippen molar-refractivity contribution in [1.29, 1.82) is 0 Å². The van der Waals surface area contributed by atoms with Gasteiger partial charge in [-0.05, 0) is 19.3 Å². The highest BCUT2D eigenvalue weighted by molar-refractivity contribution is 5.81. The lowest BCUT2D eigenvalue weighted by atomic mass is 10.0. The molecule has 0 aromatic rings. The third-order valence-corrected chi connectivity index (χ3v) is 2.11. The zero-order valence-corrected chi connectivity index (χ0v) is 7.34. The minimum Gasteiger partial charge on any atom is -0.466 e. The molecular formula is C9H14O3. The summed E-state index contributed by atoms with van der Waals surface area (Å²) in [4.78, 5) is 21.8. The van der Waals surface area contributed by atoms with E-state index in [0.29, 0.717) is 25.9 Å². The molecule has 0 aromatic carbocycles. The Bertz CT molecular complexity index is 186. The zero-order valence-electron chi connectivity index (χ0n) is 7.34. The van der Waals surface area contributed by atoms with Gasteiger partial charge in [0.15, 0.2) is 0 Å². The molecule has 3 nitrogen and oxygen atoms in total. The van der Waals surface area contributed by atoms with Gasteiger partial charge >= 0.3 is 5.97 Å². The topological polar surface area (TPSA) is 43.4 Å². The maximum atomic E-state index is 11.0. The lowest BCUT2D eigenvalue weighted by Crippen LogP contribution is -2.09. The molecule has 0 spiro atoms. The number of Topliss-reactive ketones (excluding diaryl/α,β-unsaturated/α-hetero) is 1. The molecule has 1 fully saturated rings. The van der Waals surface area contributed by atoms with Gasteiger partial charge in [-0.1, -0.05) is 0 Å². The molecule has 1 aliphatic carbocycles. The van der Waals surface area contributed by atoms with E-state index < -0.39 is 0 Å². The van der Waals surface area contributed by atoms with Crippen LogP contribution in [-0.4, -0.2) is 18.4 Å². The summed E-state index contributed by atoms with van der Waals surface area (Å²) < 4.78 is 4.79. The standard InChI is InChI=1S/C9H14O3/c1-2-12-9(11)6-7-3-4-8(10)5-7/h7H,2-6H2,1H3/t7-/m1/s1. The average molecular weight is 170 g/mol. The average Bonchev–Trinajstić information content (AvgIpc) is 2.36. The van der Waals surface area contributed by atoms with Gasteiger partial charge in [0, 0.05) is 19.3 Å². The van der Waals surface area contributed by atoms with Crippen molar-refractivity contribution in [3.8, 4) is 0 Å². The molecule has 1 rings (SSSR count). The fourth-order valence-corrected chi connectivity index (χ4v) is 1.52. The van der Waals surface area contributed by atoms with Crippen molar-refractivity contribution in [2.24, 2.45) is 5.92 Å². The summed E-state index contributed by atoms with van der Waals surface area (Å²) in [6.45, 7) is 2.22. The molecule has 0 N–H and O–H groups in total. The summed E-state index contributed by atoms with van der Waals surface area (Å²) in [5.41, 5.74) is 0. The van der Waals surface area contributed by atoms with Gasteiger partial charge in [-0.3, -0.25) is 9.59 Å². The molecule has 12 heavy (non-hydrogen) atoms. The Morgan fingerprint density at radius 2 is 2.42 bits per heavy atom. The molecule has 68 valence electrons. The molecule has 0 aromatic heterocycles. The molecule has 0 unspecified atom stereocenters. The highest BCUT2D eigenvalue weighted by Crippen LogP contribution is 2.25. The van der Waals surface area contributed by atoms with Crippen LogP contribution in [0.4, 0.5) is 0 Å². The molecule has 0 heterocycles. The molecule has 3 heteroatoms. The van der Waals surface area contributed by atoms with E-state index in [4.69, 9.17) is 4.74 Å². The smallest absolute Gasteiger partial charge is 0.306 e. The van der Waals surface area contributed by atoms with Gasteiger partial charge in [0.05, 0.1) is 6.61 Å². The third-order valence-electron chi connectivity index (χ3n) is 2.11. The van der Waals surface area contributed by atoms with Crippen molar-refractivity contribution < 1.29 is 14.3 Å². The molecule has 0 amide bonds. The van der Waals surface area contributed by atoms with Crippen LogP contribution in [0, 0.1) is 5.92 Å². The van der Waals surface area contributed by atoms with Gasteiger partial charge in [0.2, 0.25) is 0 Å². The molecule has 0 saturated heterocycles. The van der Waals surface area contributed by atoms with Gasteiger partial charge in [0.25, 0.3) is 0 Å². The largest absolute Gasteiger partial charge is 0.466 e. The molecule has 0 bridgehead atoms. The van der Waals surface area contributed by atoms with Crippen LogP contribution in [0.25, 0.3) is 0 Å². The highest BCUT2D eigenvalue weighted by atomic mass is 16.5. The molecule has 0 radical (unpaired) electrons. The van der Waals surface area contributed by atoms with Gasteiger partial charge in [-0.25, -0.2) is 0 Å². The molecule has 1 aliphatic rings. The lowest BCUT2D eigenvalue weighted by Gasteiger charge is -2.05. The number of carbonyl (C=O) groups is 2. The summed E-state index contributed by atoms with van der Waals surface area (Å²) in [6, 6.07) is 0. The number of ether oxygens (including phenoxy) is 1. The second kappa shape index (κ2) is 4.24. The van der Waals surface area contributed by atoms with Crippen molar-refractivity contribution >= 4 is 11.8 Å². The van der Waals surface area contributed by atoms with Crippen LogP contribution in [0.5, 0.6) is 0 Å². The second-order valence-electron chi connectivity index (χ2n) is 3.16. The number of rotatable bonds is 3. The van der Waals surface area contributed by atoms with Crippen LogP contribution in [-0.2, 0) is 14.3 Å². The van der Waals surface area contributed by atoms with E-state index in [1.807, 2.05) is 0 Å². The second-order valence-corrected chi connectivity index (χ2v) is 3.16. The SMILES string of the molecule is CCOC(=O)C[C@@H]1CCC(=O)C1. The normalized spacial score (nSPS) is 22.8. The van der Waals surface area contributed by atoms with E-state index in [0.717, 1.165) is 6.42 Å². The first-order chi connectivity index (χ1) is 5.72. The number of hydrogen-bond donors (Lipinski definition) is 0. The van der Waals surface area contributed by atoms with Crippen molar-refractivity contribution in [2.45, 2.75) is 32.6 Å². The minimum atomic E-state index is -0.169. The number of carbonyl (C=O) groups excluding carboxylic acids is 2. The fourth-order valence-electron chi connectivity index (χ4n) is 1.52. The Morgan fingerprint density at radius 3 is 2.92 bits per heavy atom. The van der Waals surface area contributed by atoms with Gasteiger partial charge in [-0.15, -0.1) is 0 Å². The maximum absolute atomic E-state index is 11.0. The molecule has 1 saturated carbocycles. The Kier molecular flexibility index (Phi) is 3.26. The third kappa shape index (κ3) is 2.64. The Morgan fingerprint density at radius 1 is 1.67 bits per heavy atom. The summed E-state index contributed by atoms with van der Waals surface area (Å²) in [5, 5.41) is 0. The van der Waals surface area contributed by atoms with Crippen LogP contribution in [0.15, 0.2) is 0 Å². The first-order valence-electron chi connectivity index (χ1n) is 4.39. The van der Waals surface area contributed by atoms with E-state index in [1.54, 1.807) is 6.92 Å². The number of ketones is 1. The van der Waals surface area contributed by atoms with E-state index in [1.165, 1.54) is 0 Å². The van der Waals surface area contributed by atoms with Crippen molar-refractivity contribution in [3.63, 3.8) is 0 Å². The first-order valence-corrected chi connectivity index (χ1v) is 4.39. The maximum Gasteiger partial charge on any atom is 0.306 e. The summed E-state index contributed by atoms with van der Waals surface area (Å²) in [7, 11) is 0. The number of esters is 1. The zero-order chi connectivity index (χ0) is 8.97. The van der Waals surface area contributed by atoms with Crippen LogP contribution in [0.3, 0.4) is 0 Å². The summed E-state index contributed by atoms with van der Waals surface area (Å²) >= 11 is 0. The lowest BCUT2D eigenvalue weighted by molar-refractivity contribution is -0.144. The van der Waals surface area contributed by atoms with Gasteiger partial charge in [0.1, 0.15) is 5.78 Å². The van der Waals surface area contributed by atoms with E-state index in [9.17, 15) is 9.59 Å². The van der Waals surface area contributed by atoms with Gasteiger partial charge < -0.3 is 4.74 Å². The van der Waals surface area contributed by atoms with Crippen molar-refractivity contribution in [3.05, 3.63) is 0 Å². The van der Waals surface area contributed by atoms with Crippen LogP contribution < -0.4 is 0 Å². The minimum absolute atomic E-state index is 0.169. The van der Waals surface area contributed by atoms with Crippen LogP contribution in [0.1, 0.15) is 32.6 Å².